The van der Waals surface area contributed by atoms with Gasteiger partial charge in [-0.05, 0) is 44.8 Å². The molecule has 1 saturated carbocycles. The monoisotopic (exact) mass is 427 g/mol. The van der Waals surface area contributed by atoms with Gasteiger partial charge >= 0.3 is 12.1 Å². The molecule has 2 aliphatic rings. The Morgan fingerprint density at radius 3 is 2.57 bits per heavy atom. The van der Waals surface area contributed by atoms with E-state index >= 15 is 4.39 Å². The van der Waals surface area contributed by atoms with E-state index in [0.29, 0.717) is 25.8 Å². The fourth-order valence-corrected chi connectivity index (χ4v) is 4.34. The van der Waals surface area contributed by atoms with Gasteiger partial charge in [-0.1, -0.05) is 0 Å². The van der Waals surface area contributed by atoms with Gasteiger partial charge < -0.3 is 19.9 Å². The summed E-state index contributed by atoms with van der Waals surface area (Å²) in [6, 6.07) is 0.417. The number of nitrogens with one attached hydrogen (secondary N) is 1. The zero-order valence-corrected chi connectivity index (χ0v) is 16.2. The Balaban J connectivity index is 2.04. The minimum Gasteiger partial charge on any atom is -0.477 e. The first-order valence-corrected chi connectivity index (χ1v) is 9.74. The van der Waals surface area contributed by atoms with Gasteiger partial charge in [0.15, 0.2) is 0 Å². The van der Waals surface area contributed by atoms with Gasteiger partial charge in [-0.3, -0.25) is 4.79 Å². The molecule has 30 heavy (non-hydrogen) atoms. The average molecular weight is 427 g/mol. The second-order valence-corrected chi connectivity index (χ2v) is 7.95. The Kier molecular flexibility index (Phi) is 5.00. The molecule has 1 atom stereocenters. The normalized spacial score (nSPS) is 19.6. The molecular weight excluding hydrogens is 406 g/mol. The van der Waals surface area contributed by atoms with Gasteiger partial charge in [-0.25, -0.2) is 9.18 Å². The number of aromatic carboxylic acids is 1. The van der Waals surface area contributed by atoms with E-state index in [1.807, 2.05) is 0 Å². The predicted octanol–water partition coefficient (Wildman–Crippen LogP) is 3.24. The summed E-state index contributed by atoms with van der Waals surface area (Å²) in [6.45, 7) is 1.12. The maximum absolute atomic E-state index is 15.1. The van der Waals surface area contributed by atoms with Crippen molar-refractivity contribution >= 4 is 22.6 Å². The molecular formula is C20H21F4N3O3. The van der Waals surface area contributed by atoms with Crippen molar-refractivity contribution in [3.8, 4) is 0 Å². The van der Waals surface area contributed by atoms with E-state index in [1.165, 1.54) is 9.47 Å². The van der Waals surface area contributed by atoms with Crippen LogP contribution >= 0.6 is 0 Å². The zero-order valence-electron chi connectivity index (χ0n) is 16.2. The third-order valence-electron chi connectivity index (χ3n) is 5.79. The third-order valence-corrected chi connectivity index (χ3v) is 5.79. The Labute approximate surface area is 169 Å². The van der Waals surface area contributed by atoms with Crippen molar-refractivity contribution in [2.75, 3.05) is 31.6 Å². The zero-order chi connectivity index (χ0) is 21.8. The van der Waals surface area contributed by atoms with E-state index in [0.717, 1.165) is 12.3 Å². The van der Waals surface area contributed by atoms with Crippen molar-refractivity contribution in [1.29, 1.82) is 0 Å². The smallest absolute Gasteiger partial charge is 0.420 e. The fraction of sp³-hybridized carbons (Fsp3) is 0.500. The molecule has 1 unspecified atom stereocenters. The summed E-state index contributed by atoms with van der Waals surface area (Å²) in [5.74, 6) is -2.64. The number of carboxylic acids is 1. The minimum absolute atomic E-state index is 0.0752. The van der Waals surface area contributed by atoms with Gasteiger partial charge in [0.2, 0.25) is 5.43 Å². The Hall–Kier alpha value is -2.62. The highest BCUT2D eigenvalue weighted by Crippen LogP contribution is 2.46. The number of fused-ring (bicyclic) bond motifs is 1. The molecule has 1 aromatic heterocycles. The van der Waals surface area contributed by atoms with Crippen LogP contribution in [0.1, 0.15) is 41.2 Å². The van der Waals surface area contributed by atoms with Crippen molar-refractivity contribution in [2.24, 2.45) is 5.92 Å². The molecule has 0 radical (unpaired) electrons. The second-order valence-electron chi connectivity index (χ2n) is 7.95. The molecule has 4 rings (SSSR count). The molecule has 2 fully saturated rings. The van der Waals surface area contributed by atoms with Crippen molar-refractivity contribution in [3.63, 3.8) is 0 Å². The van der Waals surface area contributed by atoms with E-state index in [1.54, 1.807) is 7.05 Å². The number of benzene rings is 1. The Bertz CT molecular complexity index is 1080. The number of carboxylic acid groups (broad SMARTS) is 1. The van der Waals surface area contributed by atoms with Gasteiger partial charge in [0.25, 0.3) is 0 Å². The van der Waals surface area contributed by atoms with Crippen LogP contribution in [0.5, 0.6) is 0 Å². The largest absolute Gasteiger partial charge is 0.477 e. The van der Waals surface area contributed by atoms with Crippen LogP contribution in [0.4, 0.5) is 23.2 Å². The van der Waals surface area contributed by atoms with Gasteiger partial charge in [0, 0.05) is 25.3 Å². The molecule has 2 heterocycles. The predicted molar refractivity (Wildman–Crippen MR) is 103 cm³/mol. The van der Waals surface area contributed by atoms with Gasteiger partial charge in [-0.2, -0.15) is 13.2 Å². The van der Waals surface area contributed by atoms with Crippen LogP contribution < -0.4 is 15.6 Å². The van der Waals surface area contributed by atoms with Crippen LogP contribution in [0.3, 0.4) is 0 Å². The average Bonchev–Trinajstić information content (AvgIpc) is 3.39. The molecule has 1 aliphatic heterocycles. The van der Waals surface area contributed by atoms with Crippen LogP contribution in [0.2, 0.25) is 0 Å². The summed E-state index contributed by atoms with van der Waals surface area (Å²) in [5.41, 5.74) is -3.98. The number of carbonyl (C=O) groups is 1. The van der Waals surface area contributed by atoms with E-state index in [9.17, 15) is 27.9 Å². The van der Waals surface area contributed by atoms with Crippen LogP contribution in [-0.2, 0) is 6.18 Å². The number of hydrogen-bond acceptors (Lipinski definition) is 4. The summed E-state index contributed by atoms with van der Waals surface area (Å²) in [5, 5.41) is 11.7. The van der Waals surface area contributed by atoms with Gasteiger partial charge in [-0.15, -0.1) is 0 Å². The highest BCUT2D eigenvalue weighted by molar-refractivity contribution is 5.95. The SMILES string of the molecule is CNCC1CCN(c2c(F)cc3c(=O)c(C(=O)O)cn(C4CC4)c3c2C(F)(F)F)C1. The molecule has 2 aromatic rings. The lowest BCUT2D eigenvalue weighted by Crippen LogP contribution is -2.29. The number of anilines is 1. The quantitative estimate of drug-likeness (QED) is 0.717. The van der Waals surface area contributed by atoms with E-state index in [2.05, 4.69) is 5.32 Å². The van der Waals surface area contributed by atoms with Crippen molar-refractivity contribution in [3.05, 3.63) is 39.4 Å². The summed E-state index contributed by atoms with van der Waals surface area (Å²) in [4.78, 5) is 25.5. The lowest BCUT2D eigenvalue weighted by molar-refractivity contribution is -0.136. The Morgan fingerprint density at radius 1 is 1.30 bits per heavy atom. The van der Waals surface area contributed by atoms with Crippen LogP contribution in [0.15, 0.2) is 17.1 Å². The van der Waals surface area contributed by atoms with Crippen LogP contribution in [0, 0.1) is 11.7 Å². The molecule has 2 N–H and O–H groups in total. The summed E-state index contributed by atoms with van der Waals surface area (Å²) in [7, 11) is 1.74. The molecule has 6 nitrogen and oxygen atoms in total. The molecule has 0 spiro atoms. The standard InChI is InChI=1S/C20H21F4N3O3/c1-25-7-10-4-5-26(8-10)17-14(21)6-12-16(15(17)20(22,23)24)27(11-2-3-11)9-13(18(12)28)19(29)30/h6,9-11,25H,2-5,7-8H2,1H3,(H,29,30). The number of hydrogen-bond donors (Lipinski definition) is 2. The lowest BCUT2D eigenvalue weighted by Gasteiger charge is -2.26. The van der Waals surface area contributed by atoms with Crippen molar-refractivity contribution < 1.29 is 27.5 Å². The molecule has 0 amide bonds. The first kappa shape index (κ1) is 20.6. The Morgan fingerprint density at radius 2 is 2.00 bits per heavy atom. The number of nitrogens with zero attached hydrogens (tertiary/aromatic N) is 2. The highest BCUT2D eigenvalue weighted by Gasteiger charge is 2.43. The number of rotatable bonds is 5. The van der Waals surface area contributed by atoms with E-state index in [4.69, 9.17) is 0 Å². The summed E-state index contributed by atoms with van der Waals surface area (Å²) < 4.78 is 59.1. The van der Waals surface area contributed by atoms with Crippen molar-refractivity contribution in [1.82, 2.24) is 9.88 Å². The summed E-state index contributed by atoms with van der Waals surface area (Å²) in [6.07, 6.45) is -2.22. The maximum Gasteiger partial charge on any atom is 0.420 e. The number of halogens is 4. The topological polar surface area (TPSA) is 74.6 Å². The van der Waals surface area contributed by atoms with Crippen LogP contribution in [-0.4, -0.2) is 42.3 Å². The lowest BCUT2D eigenvalue weighted by atomic mass is 10.0. The summed E-state index contributed by atoms with van der Waals surface area (Å²) >= 11 is 0. The van der Waals surface area contributed by atoms with Gasteiger partial charge in [0.1, 0.15) is 16.9 Å². The first-order valence-electron chi connectivity index (χ1n) is 9.74. The molecule has 0 bridgehead atoms. The third kappa shape index (κ3) is 3.42. The number of aromatic nitrogens is 1. The van der Waals surface area contributed by atoms with Crippen molar-refractivity contribution in [2.45, 2.75) is 31.5 Å². The molecule has 162 valence electrons. The van der Waals surface area contributed by atoms with E-state index < -0.39 is 51.1 Å². The first-order chi connectivity index (χ1) is 14.1. The second kappa shape index (κ2) is 7.26. The number of alkyl halides is 3. The fourth-order valence-electron chi connectivity index (χ4n) is 4.34. The number of pyridine rings is 1. The van der Waals surface area contributed by atoms with Crippen LogP contribution in [0.25, 0.3) is 10.9 Å². The maximum atomic E-state index is 15.1. The van der Waals surface area contributed by atoms with Gasteiger partial charge in [0.05, 0.1) is 16.6 Å². The molecule has 10 heteroatoms. The minimum atomic E-state index is -4.93. The highest BCUT2D eigenvalue weighted by atomic mass is 19.4. The molecule has 1 aromatic carbocycles. The van der Waals surface area contributed by atoms with E-state index in [-0.39, 0.29) is 25.0 Å². The molecule has 1 aliphatic carbocycles. The molecule has 1 saturated heterocycles.